The van der Waals surface area contributed by atoms with Crippen molar-refractivity contribution >= 4 is 40.7 Å². The standard InChI is InChI=1S/C23H19IN2O4/c1-16-5-4-6-19(13-16)29-15-22(27)26-25-14-17-9-11-18(12-10-17)30-23(28)20-7-2-3-8-21(20)24/h2-14H,15H2,1H3,(H,26,27). The molecule has 7 heteroatoms. The summed E-state index contributed by atoms with van der Waals surface area (Å²) in [7, 11) is 0. The summed E-state index contributed by atoms with van der Waals surface area (Å²) >= 11 is 2.09. The van der Waals surface area contributed by atoms with Gasteiger partial charge in [0, 0.05) is 3.57 Å². The highest BCUT2D eigenvalue weighted by atomic mass is 127. The third kappa shape index (κ3) is 6.41. The van der Waals surface area contributed by atoms with Gasteiger partial charge in [0.15, 0.2) is 6.61 Å². The maximum absolute atomic E-state index is 12.2. The lowest BCUT2D eigenvalue weighted by Crippen LogP contribution is -2.24. The van der Waals surface area contributed by atoms with Gasteiger partial charge in [-0.05, 0) is 89.2 Å². The molecule has 1 N–H and O–H groups in total. The van der Waals surface area contributed by atoms with Crippen LogP contribution in [0, 0.1) is 10.5 Å². The normalized spacial score (nSPS) is 10.6. The zero-order chi connectivity index (χ0) is 21.3. The van der Waals surface area contributed by atoms with Gasteiger partial charge in [0.2, 0.25) is 0 Å². The SMILES string of the molecule is Cc1cccc(OCC(=O)NN=Cc2ccc(OC(=O)c3ccccc3I)cc2)c1. The number of rotatable bonds is 7. The van der Waals surface area contributed by atoms with Gasteiger partial charge in [-0.15, -0.1) is 0 Å². The van der Waals surface area contributed by atoms with E-state index in [-0.39, 0.29) is 12.5 Å². The molecule has 0 fully saturated rings. The minimum atomic E-state index is -0.415. The molecule has 0 saturated heterocycles. The Bertz CT molecular complexity index is 1060. The summed E-state index contributed by atoms with van der Waals surface area (Å²) in [6.45, 7) is 1.82. The Balaban J connectivity index is 1.48. The fraction of sp³-hybridized carbons (Fsp3) is 0.0870. The summed E-state index contributed by atoms with van der Waals surface area (Å²) in [4.78, 5) is 24.1. The lowest BCUT2D eigenvalue weighted by Gasteiger charge is -2.06. The van der Waals surface area contributed by atoms with Crippen molar-refractivity contribution in [3.05, 3.63) is 93.1 Å². The average molecular weight is 514 g/mol. The summed E-state index contributed by atoms with van der Waals surface area (Å²) in [5.41, 5.74) is 4.72. The Morgan fingerprint density at radius 3 is 2.50 bits per heavy atom. The van der Waals surface area contributed by atoms with Gasteiger partial charge in [-0.3, -0.25) is 4.79 Å². The fourth-order valence-electron chi connectivity index (χ4n) is 2.48. The molecule has 1 amide bonds. The molecular weight excluding hydrogens is 495 g/mol. The minimum absolute atomic E-state index is 0.131. The van der Waals surface area contributed by atoms with Crippen LogP contribution in [0.3, 0.4) is 0 Å². The van der Waals surface area contributed by atoms with Crippen LogP contribution in [0.15, 0.2) is 77.9 Å². The van der Waals surface area contributed by atoms with Gasteiger partial charge >= 0.3 is 5.97 Å². The largest absolute Gasteiger partial charge is 0.484 e. The molecule has 30 heavy (non-hydrogen) atoms. The van der Waals surface area contributed by atoms with E-state index in [0.717, 1.165) is 14.7 Å². The van der Waals surface area contributed by atoms with Crippen LogP contribution in [0.2, 0.25) is 0 Å². The van der Waals surface area contributed by atoms with Crippen molar-refractivity contribution in [2.24, 2.45) is 5.10 Å². The highest BCUT2D eigenvalue weighted by Crippen LogP contribution is 2.17. The Morgan fingerprint density at radius 2 is 1.77 bits per heavy atom. The number of esters is 1. The molecule has 0 aliphatic rings. The van der Waals surface area contributed by atoms with Crippen molar-refractivity contribution in [2.45, 2.75) is 6.92 Å². The van der Waals surface area contributed by atoms with E-state index in [1.165, 1.54) is 6.21 Å². The summed E-state index contributed by atoms with van der Waals surface area (Å²) in [5.74, 6) is 0.273. The first-order valence-corrected chi connectivity index (χ1v) is 10.2. The van der Waals surface area contributed by atoms with Gasteiger partial charge < -0.3 is 9.47 Å². The lowest BCUT2D eigenvalue weighted by atomic mass is 10.2. The number of hydrazone groups is 1. The smallest absolute Gasteiger partial charge is 0.344 e. The molecule has 0 aliphatic heterocycles. The van der Waals surface area contributed by atoms with Crippen LogP contribution >= 0.6 is 22.6 Å². The Hall–Kier alpha value is -3.20. The first-order valence-electron chi connectivity index (χ1n) is 9.09. The van der Waals surface area contributed by atoms with Crippen molar-refractivity contribution in [1.29, 1.82) is 0 Å². The maximum atomic E-state index is 12.2. The van der Waals surface area contributed by atoms with Crippen LogP contribution in [-0.4, -0.2) is 24.7 Å². The molecule has 0 bridgehead atoms. The monoisotopic (exact) mass is 514 g/mol. The second kappa shape index (κ2) is 10.5. The molecule has 3 rings (SSSR count). The molecule has 0 heterocycles. The molecular formula is C23H19IN2O4. The van der Waals surface area contributed by atoms with Crippen molar-refractivity contribution in [3.8, 4) is 11.5 Å². The highest BCUT2D eigenvalue weighted by molar-refractivity contribution is 14.1. The number of ether oxygens (including phenoxy) is 2. The third-order valence-corrected chi connectivity index (χ3v) is 4.89. The predicted octanol–water partition coefficient (Wildman–Crippen LogP) is 4.35. The molecule has 0 aliphatic carbocycles. The molecule has 0 unspecified atom stereocenters. The van der Waals surface area contributed by atoms with Crippen molar-refractivity contribution in [1.82, 2.24) is 5.43 Å². The second-order valence-electron chi connectivity index (χ2n) is 6.34. The van der Waals surface area contributed by atoms with Gasteiger partial charge in [0.25, 0.3) is 5.91 Å². The number of hydrogen-bond acceptors (Lipinski definition) is 5. The van der Waals surface area contributed by atoms with Gasteiger partial charge in [-0.25, -0.2) is 10.2 Å². The molecule has 0 spiro atoms. The summed E-state index contributed by atoms with van der Waals surface area (Å²) in [6, 6.07) is 21.5. The Kier molecular flexibility index (Phi) is 7.56. The number of carbonyl (C=O) groups excluding carboxylic acids is 2. The van der Waals surface area contributed by atoms with Gasteiger partial charge in [-0.1, -0.05) is 24.3 Å². The third-order valence-electron chi connectivity index (χ3n) is 3.95. The molecule has 152 valence electrons. The summed E-state index contributed by atoms with van der Waals surface area (Å²) < 4.78 is 11.6. The summed E-state index contributed by atoms with van der Waals surface area (Å²) in [6.07, 6.45) is 1.50. The number of nitrogens with zero attached hydrogens (tertiary/aromatic N) is 1. The number of hydrogen-bond donors (Lipinski definition) is 1. The predicted molar refractivity (Wildman–Crippen MR) is 123 cm³/mol. The van der Waals surface area contributed by atoms with E-state index in [4.69, 9.17) is 9.47 Å². The molecule has 0 saturated carbocycles. The minimum Gasteiger partial charge on any atom is -0.484 e. The number of nitrogens with one attached hydrogen (secondary N) is 1. The molecule has 0 aromatic heterocycles. The van der Waals surface area contributed by atoms with E-state index in [9.17, 15) is 9.59 Å². The highest BCUT2D eigenvalue weighted by Gasteiger charge is 2.11. The van der Waals surface area contributed by atoms with Crippen molar-refractivity contribution < 1.29 is 19.1 Å². The zero-order valence-corrected chi connectivity index (χ0v) is 18.3. The summed E-state index contributed by atoms with van der Waals surface area (Å²) in [5, 5.41) is 3.91. The number of halogens is 1. The van der Waals surface area contributed by atoms with E-state index in [0.29, 0.717) is 17.1 Å². The molecule has 0 atom stereocenters. The zero-order valence-electron chi connectivity index (χ0n) is 16.2. The first-order chi connectivity index (χ1) is 14.5. The van der Waals surface area contributed by atoms with E-state index in [1.54, 1.807) is 42.5 Å². The number of carbonyl (C=O) groups is 2. The van der Waals surface area contributed by atoms with Crippen LogP contribution in [0.5, 0.6) is 11.5 Å². The second-order valence-corrected chi connectivity index (χ2v) is 7.50. The topological polar surface area (TPSA) is 77.0 Å². The van der Waals surface area contributed by atoms with Crippen LogP contribution < -0.4 is 14.9 Å². The van der Waals surface area contributed by atoms with Crippen molar-refractivity contribution in [2.75, 3.05) is 6.61 Å². The maximum Gasteiger partial charge on any atom is 0.344 e. The van der Waals surface area contributed by atoms with E-state index >= 15 is 0 Å². The fourth-order valence-corrected chi connectivity index (χ4v) is 3.08. The number of aryl methyl sites for hydroxylation is 1. The van der Waals surface area contributed by atoms with Crippen LogP contribution in [0.4, 0.5) is 0 Å². The van der Waals surface area contributed by atoms with Crippen LogP contribution in [0.1, 0.15) is 21.5 Å². The number of benzene rings is 3. The Morgan fingerprint density at radius 1 is 1.00 bits per heavy atom. The molecule has 6 nitrogen and oxygen atoms in total. The molecule has 3 aromatic carbocycles. The van der Waals surface area contributed by atoms with Gasteiger partial charge in [-0.2, -0.15) is 5.10 Å². The van der Waals surface area contributed by atoms with Gasteiger partial charge in [0.1, 0.15) is 11.5 Å². The molecule has 0 radical (unpaired) electrons. The van der Waals surface area contributed by atoms with Crippen molar-refractivity contribution in [3.63, 3.8) is 0 Å². The first kappa shape index (κ1) is 21.5. The van der Waals surface area contributed by atoms with Crippen LogP contribution in [-0.2, 0) is 4.79 Å². The molecule has 3 aromatic rings. The Labute approximate surface area is 188 Å². The van der Waals surface area contributed by atoms with E-state index < -0.39 is 5.97 Å². The average Bonchev–Trinajstić information content (AvgIpc) is 2.74. The van der Waals surface area contributed by atoms with Crippen LogP contribution in [0.25, 0.3) is 0 Å². The number of amides is 1. The van der Waals surface area contributed by atoms with E-state index in [2.05, 4.69) is 33.1 Å². The van der Waals surface area contributed by atoms with Gasteiger partial charge in [0.05, 0.1) is 11.8 Å². The lowest BCUT2D eigenvalue weighted by molar-refractivity contribution is -0.123. The quantitative estimate of drug-likeness (QED) is 0.167. The van der Waals surface area contributed by atoms with E-state index in [1.807, 2.05) is 37.3 Å².